The van der Waals surface area contributed by atoms with Gasteiger partial charge in [-0.15, -0.1) is 5.10 Å². The molecule has 1 aliphatic rings. The van der Waals surface area contributed by atoms with E-state index < -0.39 is 0 Å². The average Bonchev–Trinajstić information content (AvgIpc) is 2.81. The number of hydrogen-bond acceptors (Lipinski definition) is 5. The summed E-state index contributed by atoms with van der Waals surface area (Å²) in [5, 5.41) is 11.6. The monoisotopic (exact) mass is 267 g/mol. The summed E-state index contributed by atoms with van der Waals surface area (Å²) in [6, 6.07) is 0. The molecule has 1 aromatic heterocycles. The van der Waals surface area contributed by atoms with Crippen LogP contribution in [0.2, 0.25) is 0 Å². The van der Waals surface area contributed by atoms with Gasteiger partial charge in [0.2, 0.25) is 0 Å². The number of nitrogens with one attached hydrogen (secondary N) is 1. The van der Waals surface area contributed by atoms with Gasteiger partial charge in [0.15, 0.2) is 0 Å². The van der Waals surface area contributed by atoms with Crippen molar-refractivity contribution in [1.29, 1.82) is 0 Å². The third-order valence-electron chi connectivity index (χ3n) is 3.55. The molecule has 1 aromatic rings. The van der Waals surface area contributed by atoms with Crippen LogP contribution in [0.3, 0.4) is 0 Å². The molecule has 0 radical (unpaired) electrons. The molecule has 6 nitrogen and oxygen atoms in total. The summed E-state index contributed by atoms with van der Waals surface area (Å²) in [4.78, 5) is 2.48. The lowest BCUT2D eigenvalue weighted by molar-refractivity contribution is 0.158. The molecule has 19 heavy (non-hydrogen) atoms. The number of piperidine rings is 1. The molecular formula is C13H25N5O. The van der Waals surface area contributed by atoms with Crippen molar-refractivity contribution in [3.8, 4) is 0 Å². The van der Waals surface area contributed by atoms with Gasteiger partial charge in [-0.3, -0.25) is 9.58 Å². The van der Waals surface area contributed by atoms with Crippen molar-refractivity contribution in [2.24, 2.45) is 13.0 Å². The number of nitrogens with zero attached hydrogens (tertiary/aromatic N) is 4. The molecular weight excluding hydrogens is 242 g/mol. The van der Waals surface area contributed by atoms with Crippen LogP contribution in [0, 0.1) is 5.92 Å². The largest absolute Gasteiger partial charge is 0.383 e. The predicted molar refractivity (Wildman–Crippen MR) is 73.7 cm³/mol. The Labute approximate surface area is 115 Å². The molecule has 0 saturated carbocycles. The highest BCUT2D eigenvalue weighted by molar-refractivity contribution is 4.92. The van der Waals surface area contributed by atoms with Crippen molar-refractivity contribution in [1.82, 2.24) is 25.2 Å². The molecule has 1 unspecified atom stereocenters. The minimum absolute atomic E-state index is 0.738. The molecule has 2 rings (SSSR count). The quantitative estimate of drug-likeness (QED) is 0.718. The standard InChI is InChI=1S/C13H25N5O/c1-17-10-13(15-16-17)11-18-6-3-4-12(9-18)8-14-5-7-19-2/h10,12,14H,3-9,11H2,1-2H3. The molecule has 2 heterocycles. The molecule has 1 saturated heterocycles. The summed E-state index contributed by atoms with van der Waals surface area (Å²) in [6.45, 7) is 6.05. The second-order valence-electron chi connectivity index (χ2n) is 5.32. The topological polar surface area (TPSA) is 55.2 Å². The zero-order valence-electron chi connectivity index (χ0n) is 12.0. The van der Waals surface area contributed by atoms with Gasteiger partial charge in [-0.25, -0.2) is 0 Å². The first kappa shape index (κ1) is 14.4. The Bertz CT molecular complexity index is 368. The number of ether oxygens (including phenoxy) is 1. The summed E-state index contributed by atoms with van der Waals surface area (Å²) < 4.78 is 6.81. The third-order valence-corrected chi connectivity index (χ3v) is 3.55. The van der Waals surface area contributed by atoms with Gasteiger partial charge in [0.05, 0.1) is 12.3 Å². The Morgan fingerprint density at radius 3 is 3.16 bits per heavy atom. The Kier molecular flexibility index (Phi) is 5.75. The van der Waals surface area contributed by atoms with Gasteiger partial charge in [0.1, 0.15) is 0 Å². The van der Waals surface area contributed by atoms with Crippen LogP contribution < -0.4 is 5.32 Å². The number of methoxy groups -OCH3 is 1. The van der Waals surface area contributed by atoms with Gasteiger partial charge < -0.3 is 10.1 Å². The van der Waals surface area contributed by atoms with Crippen molar-refractivity contribution in [2.75, 3.05) is 39.9 Å². The molecule has 0 aliphatic carbocycles. The fraction of sp³-hybridized carbons (Fsp3) is 0.846. The smallest absolute Gasteiger partial charge is 0.0967 e. The van der Waals surface area contributed by atoms with Crippen LogP contribution >= 0.6 is 0 Å². The zero-order valence-corrected chi connectivity index (χ0v) is 12.0. The van der Waals surface area contributed by atoms with Gasteiger partial charge in [-0.05, 0) is 31.8 Å². The minimum Gasteiger partial charge on any atom is -0.383 e. The third kappa shape index (κ3) is 4.89. The van der Waals surface area contributed by atoms with Crippen molar-refractivity contribution < 1.29 is 4.74 Å². The van der Waals surface area contributed by atoms with Crippen molar-refractivity contribution >= 4 is 0 Å². The molecule has 0 aromatic carbocycles. The van der Waals surface area contributed by atoms with Crippen LogP contribution in [-0.4, -0.2) is 59.8 Å². The summed E-state index contributed by atoms with van der Waals surface area (Å²) >= 11 is 0. The van der Waals surface area contributed by atoms with Crippen LogP contribution in [0.1, 0.15) is 18.5 Å². The van der Waals surface area contributed by atoms with E-state index in [1.807, 2.05) is 13.2 Å². The lowest BCUT2D eigenvalue weighted by Crippen LogP contribution is -2.39. The molecule has 0 amide bonds. The van der Waals surface area contributed by atoms with E-state index in [0.29, 0.717) is 0 Å². The van der Waals surface area contributed by atoms with Crippen LogP contribution in [0.15, 0.2) is 6.20 Å². The summed E-state index contributed by atoms with van der Waals surface area (Å²) in [7, 11) is 3.65. The molecule has 1 fully saturated rings. The van der Waals surface area contributed by atoms with Crippen LogP contribution in [0.5, 0.6) is 0 Å². The normalized spacial score (nSPS) is 20.8. The molecule has 1 aliphatic heterocycles. The first-order valence-electron chi connectivity index (χ1n) is 7.05. The van der Waals surface area contributed by atoms with Crippen molar-refractivity contribution in [3.05, 3.63) is 11.9 Å². The average molecular weight is 267 g/mol. The van der Waals surface area contributed by atoms with Crippen LogP contribution in [0.25, 0.3) is 0 Å². The Balaban J connectivity index is 1.71. The highest BCUT2D eigenvalue weighted by Crippen LogP contribution is 2.17. The van der Waals surface area contributed by atoms with E-state index in [-0.39, 0.29) is 0 Å². The van der Waals surface area contributed by atoms with Gasteiger partial charge in [-0.1, -0.05) is 5.21 Å². The maximum absolute atomic E-state index is 5.04. The highest BCUT2D eigenvalue weighted by Gasteiger charge is 2.20. The van der Waals surface area contributed by atoms with Crippen molar-refractivity contribution in [3.63, 3.8) is 0 Å². The summed E-state index contributed by atoms with van der Waals surface area (Å²) in [5.74, 6) is 0.738. The van der Waals surface area contributed by atoms with Gasteiger partial charge in [0.25, 0.3) is 0 Å². The number of aryl methyl sites for hydroxylation is 1. The van der Waals surface area contributed by atoms with Crippen molar-refractivity contribution in [2.45, 2.75) is 19.4 Å². The number of rotatable bonds is 7. The molecule has 1 atom stereocenters. The Hall–Kier alpha value is -0.980. The fourth-order valence-electron chi connectivity index (χ4n) is 2.64. The summed E-state index contributed by atoms with van der Waals surface area (Å²) in [6.07, 6.45) is 4.59. The Morgan fingerprint density at radius 1 is 1.53 bits per heavy atom. The lowest BCUT2D eigenvalue weighted by atomic mass is 9.98. The van der Waals surface area contributed by atoms with E-state index in [1.165, 1.54) is 19.4 Å². The van der Waals surface area contributed by atoms with Crippen LogP contribution in [0.4, 0.5) is 0 Å². The maximum atomic E-state index is 5.04. The summed E-state index contributed by atoms with van der Waals surface area (Å²) in [5.41, 5.74) is 1.07. The Morgan fingerprint density at radius 2 is 2.42 bits per heavy atom. The zero-order chi connectivity index (χ0) is 13.5. The second-order valence-corrected chi connectivity index (χ2v) is 5.32. The van der Waals surface area contributed by atoms with Gasteiger partial charge in [-0.2, -0.15) is 0 Å². The highest BCUT2D eigenvalue weighted by atomic mass is 16.5. The van der Waals surface area contributed by atoms with E-state index >= 15 is 0 Å². The maximum Gasteiger partial charge on any atom is 0.0967 e. The SMILES string of the molecule is COCCNCC1CCCN(Cc2cn(C)nn2)C1. The van der Waals surface area contributed by atoms with Crippen LogP contribution in [-0.2, 0) is 18.3 Å². The van der Waals surface area contributed by atoms with E-state index in [0.717, 1.165) is 44.4 Å². The molecule has 1 N–H and O–H groups in total. The number of hydrogen-bond donors (Lipinski definition) is 1. The predicted octanol–water partition coefficient (Wildman–Crippen LogP) is 0.263. The van der Waals surface area contributed by atoms with E-state index in [4.69, 9.17) is 4.74 Å². The number of aromatic nitrogens is 3. The first-order valence-corrected chi connectivity index (χ1v) is 7.05. The van der Waals surface area contributed by atoms with E-state index in [9.17, 15) is 0 Å². The molecule has 6 heteroatoms. The van der Waals surface area contributed by atoms with Gasteiger partial charge >= 0.3 is 0 Å². The molecule has 108 valence electrons. The molecule has 0 bridgehead atoms. The number of likely N-dealkylation sites (tertiary alicyclic amines) is 1. The minimum atomic E-state index is 0.738. The lowest BCUT2D eigenvalue weighted by Gasteiger charge is -2.32. The fourth-order valence-corrected chi connectivity index (χ4v) is 2.64. The van der Waals surface area contributed by atoms with Gasteiger partial charge in [0, 0.05) is 40.0 Å². The molecule has 0 spiro atoms. The van der Waals surface area contributed by atoms with E-state index in [2.05, 4.69) is 20.5 Å². The first-order chi connectivity index (χ1) is 9.28. The second kappa shape index (κ2) is 7.57. The van der Waals surface area contributed by atoms with E-state index in [1.54, 1.807) is 11.8 Å².